The maximum absolute atomic E-state index is 11.3. The van der Waals surface area contributed by atoms with Crippen LogP contribution in [-0.2, 0) is 9.53 Å². The lowest BCUT2D eigenvalue weighted by Gasteiger charge is -2.16. The molecule has 0 aromatic carbocycles. The van der Waals surface area contributed by atoms with Gasteiger partial charge in [0.05, 0.1) is 6.61 Å². The average Bonchev–Trinajstić information content (AvgIpc) is 2.57. The third-order valence-corrected chi connectivity index (χ3v) is 2.26. The highest BCUT2D eigenvalue weighted by Gasteiger charge is 2.43. The fourth-order valence-electron chi connectivity index (χ4n) is 1.39. The largest absolute Gasteiger partial charge is 0.394 e. The number of amides is 3. The molecule has 3 amide bonds. The molecule has 10 heteroatoms. The lowest BCUT2D eigenvalue weighted by atomic mass is 10.1. The van der Waals surface area contributed by atoms with Gasteiger partial charge in [-0.1, -0.05) is 0 Å². The molecule has 0 saturated carbocycles. The van der Waals surface area contributed by atoms with Gasteiger partial charge >= 0.3 is 6.03 Å². The minimum Gasteiger partial charge on any atom is -0.394 e. The number of aliphatic hydroxyl groups excluding tert-OH is 3. The Bertz CT molecular complexity index is 338. The van der Waals surface area contributed by atoms with Crippen LogP contribution in [0.15, 0.2) is 0 Å². The smallest absolute Gasteiger partial charge is 0.323 e. The van der Waals surface area contributed by atoms with E-state index in [0.29, 0.717) is 0 Å². The van der Waals surface area contributed by atoms with Crippen molar-refractivity contribution in [3.8, 4) is 0 Å². The molecular formula is C8H14N4O6. The Morgan fingerprint density at radius 2 is 2.06 bits per heavy atom. The molecule has 1 rings (SSSR count). The van der Waals surface area contributed by atoms with Crippen LogP contribution in [0, 0.1) is 5.41 Å². The monoisotopic (exact) mass is 262 g/mol. The number of hydrogen-bond acceptors (Lipinski definition) is 7. The molecule has 0 bridgehead atoms. The second-order valence-electron chi connectivity index (χ2n) is 3.49. The van der Waals surface area contributed by atoms with Crippen LogP contribution in [0.2, 0.25) is 0 Å². The maximum Gasteiger partial charge on any atom is 0.323 e. The van der Waals surface area contributed by atoms with E-state index in [1.165, 1.54) is 0 Å². The molecule has 1 fully saturated rings. The fourth-order valence-corrected chi connectivity index (χ4v) is 1.39. The van der Waals surface area contributed by atoms with Crippen molar-refractivity contribution in [2.45, 2.75) is 24.5 Å². The average molecular weight is 262 g/mol. The van der Waals surface area contributed by atoms with Crippen molar-refractivity contribution in [1.82, 2.24) is 16.0 Å². The highest BCUT2D eigenvalue weighted by Crippen LogP contribution is 2.18. The van der Waals surface area contributed by atoms with E-state index >= 15 is 0 Å². The molecule has 1 aliphatic rings. The maximum atomic E-state index is 11.3. The molecular weight excluding hydrogens is 248 g/mol. The molecule has 0 aromatic rings. The van der Waals surface area contributed by atoms with E-state index in [-0.39, 0.29) is 6.41 Å². The van der Waals surface area contributed by atoms with Gasteiger partial charge in [-0.3, -0.25) is 20.8 Å². The number of rotatable bonds is 3. The molecule has 1 unspecified atom stereocenters. The molecule has 4 atom stereocenters. The molecule has 0 aliphatic carbocycles. The zero-order chi connectivity index (χ0) is 13.7. The molecule has 1 saturated heterocycles. The molecule has 0 aromatic heterocycles. The Morgan fingerprint density at radius 1 is 1.39 bits per heavy atom. The molecule has 0 radical (unpaired) electrons. The summed E-state index contributed by atoms with van der Waals surface area (Å²) in [4.78, 5) is 21.2. The molecule has 7 N–H and O–H groups in total. The first-order valence-electron chi connectivity index (χ1n) is 4.98. The van der Waals surface area contributed by atoms with E-state index < -0.39 is 43.1 Å². The van der Waals surface area contributed by atoms with Crippen molar-refractivity contribution in [3.63, 3.8) is 0 Å². The van der Waals surface area contributed by atoms with Crippen molar-refractivity contribution in [2.75, 3.05) is 6.61 Å². The quantitative estimate of drug-likeness (QED) is 0.158. The minimum absolute atomic E-state index is 0.203. The number of nitrogens with one attached hydrogen (secondary N) is 4. The van der Waals surface area contributed by atoms with Gasteiger partial charge in [0.15, 0.2) is 6.23 Å². The van der Waals surface area contributed by atoms with Crippen molar-refractivity contribution < 1.29 is 29.6 Å². The first-order valence-corrected chi connectivity index (χ1v) is 4.98. The Hall–Kier alpha value is -1.75. The Morgan fingerprint density at radius 3 is 2.56 bits per heavy atom. The third kappa shape index (κ3) is 3.37. The van der Waals surface area contributed by atoms with Gasteiger partial charge in [-0.25, -0.2) is 4.79 Å². The van der Waals surface area contributed by atoms with Gasteiger partial charge in [-0.15, -0.1) is 0 Å². The summed E-state index contributed by atoms with van der Waals surface area (Å²) in [7, 11) is 0. The van der Waals surface area contributed by atoms with Crippen molar-refractivity contribution >= 4 is 18.4 Å². The van der Waals surface area contributed by atoms with Crippen LogP contribution in [0.5, 0.6) is 0 Å². The second-order valence-corrected chi connectivity index (χ2v) is 3.49. The Balaban J connectivity index is 2.45. The van der Waals surface area contributed by atoms with Gasteiger partial charge in [-0.05, 0) is 0 Å². The molecule has 102 valence electrons. The van der Waals surface area contributed by atoms with Crippen molar-refractivity contribution in [1.29, 1.82) is 5.41 Å². The van der Waals surface area contributed by atoms with Gasteiger partial charge < -0.3 is 25.4 Å². The zero-order valence-corrected chi connectivity index (χ0v) is 9.16. The summed E-state index contributed by atoms with van der Waals surface area (Å²) in [6.45, 7) is -0.513. The molecule has 18 heavy (non-hydrogen) atoms. The number of aliphatic hydroxyl groups is 3. The third-order valence-electron chi connectivity index (χ3n) is 2.26. The molecule has 10 nitrogen and oxygen atoms in total. The summed E-state index contributed by atoms with van der Waals surface area (Å²) in [5.74, 6) is -0.561. The van der Waals surface area contributed by atoms with E-state index in [9.17, 15) is 19.8 Å². The van der Waals surface area contributed by atoms with E-state index in [0.717, 1.165) is 0 Å². The van der Waals surface area contributed by atoms with Gasteiger partial charge in [0, 0.05) is 0 Å². The van der Waals surface area contributed by atoms with Crippen LogP contribution >= 0.6 is 0 Å². The summed E-state index contributed by atoms with van der Waals surface area (Å²) in [5, 5.41) is 40.7. The predicted molar refractivity (Wildman–Crippen MR) is 56.4 cm³/mol. The predicted octanol–water partition coefficient (Wildman–Crippen LogP) is -3.59. The van der Waals surface area contributed by atoms with Crippen LogP contribution in [0.25, 0.3) is 0 Å². The first-order chi connectivity index (χ1) is 8.49. The number of carbonyl (C=O) groups is 2. The normalized spacial score (nSPS) is 30.6. The van der Waals surface area contributed by atoms with Gasteiger partial charge in [0.1, 0.15) is 18.3 Å². The van der Waals surface area contributed by atoms with E-state index in [1.807, 2.05) is 10.6 Å². The summed E-state index contributed by atoms with van der Waals surface area (Å²) >= 11 is 0. The minimum atomic E-state index is -1.40. The summed E-state index contributed by atoms with van der Waals surface area (Å²) in [5.41, 5.74) is 0. The number of urea groups is 1. The van der Waals surface area contributed by atoms with Crippen molar-refractivity contribution in [2.24, 2.45) is 0 Å². The number of carbonyl (C=O) groups excluding carboxylic acids is 2. The molecule has 1 aliphatic heterocycles. The van der Waals surface area contributed by atoms with Gasteiger partial charge in [-0.2, -0.15) is 0 Å². The highest BCUT2D eigenvalue weighted by molar-refractivity contribution is 5.98. The lowest BCUT2D eigenvalue weighted by molar-refractivity contribution is -0.108. The molecule has 0 spiro atoms. The van der Waals surface area contributed by atoms with E-state index in [2.05, 4.69) is 5.32 Å². The highest BCUT2D eigenvalue weighted by atomic mass is 16.6. The number of guanidine groups is 1. The lowest BCUT2D eigenvalue weighted by Crippen LogP contribution is -2.51. The fraction of sp³-hybridized carbons (Fsp3) is 0.625. The van der Waals surface area contributed by atoms with Crippen LogP contribution in [0.1, 0.15) is 0 Å². The first kappa shape index (κ1) is 14.3. The van der Waals surface area contributed by atoms with E-state index in [1.54, 1.807) is 0 Å². The molecule has 1 heterocycles. The van der Waals surface area contributed by atoms with Crippen LogP contribution in [0.3, 0.4) is 0 Å². The SMILES string of the molecule is N=C(NC=O)NC(=O)NC1O[C@H](CO)[C@@H](O)[C@H]1O. The van der Waals surface area contributed by atoms with Crippen LogP contribution in [-0.4, -0.2) is 64.9 Å². The van der Waals surface area contributed by atoms with E-state index in [4.69, 9.17) is 15.3 Å². The van der Waals surface area contributed by atoms with Gasteiger partial charge in [0.25, 0.3) is 0 Å². The standard InChI is InChI=1S/C8H14N4O6/c9-7(10-2-14)12-8(17)11-6-5(16)4(15)3(1-13)18-6/h2-6,13,15-16H,1H2,(H4,9,10,11,12,14,17)/t3-,4-,5-,6?/m1/s1. The Labute approximate surface area is 101 Å². The zero-order valence-electron chi connectivity index (χ0n) is 9.16. The topological polar surface area (TPSA) is 164 Å². The Kier molecular flexibility index (Phi) is 4.97. The van der Waals surface area contributed by atoms with Crippen LogP contribution in [0.4, 0.5) is 4.79 Å². The summed E-state index contributed by atoms with van der Waals surface area (Å²) in [6.07, 6.45) is -4.75. The van der Waals surface area contributed by atoms with Crippen LogP contribution < -0.4 is 16.0 Å². The number of ether oxygens (including phenoxy) is 1. The number of hydrogen-bond donors (Lipinski definition) is 7. The van der Waals surface area contributed by atoms with Gasteiger partial charge in [0.2, 0.25) is 12.4 Å². The summed E-state index contributed by atoms with van der Waals surface area (Å²) in [6, 6.07) is -0.913. The van der Waals surface area contributed by atoms with Crippen molar-refractivity contribution in [3.05, 3.63) is 0 Å². The summed E-state index contributed by atoms with van der Waals surface area (Å²) < 4.78 is 4.96. The second kappa shape index (κ2) is 6.26.